The number of hydrogen-bond acceptors (Lipinski definition) is 4. The summed E-state index contributed by atoms with van der Waals surface area (Å²) >= 11 is 0. The molecule has 4 heteroatoms. The molecule has 19 heavy (non-hydrogen) atoms. The molecule has 0 radical (unpaired) electrons. The fraction of sp³-hybridized carbons (Fsp3) is 0.933. The van der Waals surface area contributed by atoms with Crippen LogP contribution >= 0.6 is 0 Å². The van der Waals surface area contributed by atoms with Gasteiger partial charge in [-0.2, -0.15) is 0 Å². The number of nitrogens with one attached hydrogen (secondary N) is 1. The van der Waals surface area contributed by atoms with Crippen LogP contribution in [0.25, 0.3) is 0 Å². The van der Waals surface area contributed by atoms with E-state index < -0.39 is 0 Å². The zero-order valence-electron chi connectivity index (χ0n) is 12.6. The van der Waals surface area contributed by atoms with Crippen molar-refractivity contribution in [1.82, 2.24) is 10.2 Å². The summed E-state index contributed by atoms with van der Waals surface area (Å²) in [6, 6.07) is 0.712. The Balaban J connectivity index is 2.07. The van der Waals surface area contributed by atoms with Crippen LogP contribution in [-0.4, -0.2) is 49.7 Å². The summed E-state index contributed by atoms with van der Waals surface area (Å²) in [6.07, 6.45) is 6.46. The third-order valence-electron chi connectivity index (χ3n) is 3.82. The number of carbonyl (C=O) groups is 1. The molecule has 1 atom stereocenters. The summed E-state index contributed by atoms with van der Waals surface area (Å²) in [7, 11) is 0. The van der Waals surface area contributed by atoms with E-state index in [0.29, 0.717) is 19.1 Å². The van der Waals surface area contributed by atoms with Gasteiger partial charge in [0.1, 0.15) is 0 Å². The fourth-order valence-corrected chi connectivity index (χ4v) is 2.74. The minimum Gasteiger partial charge on any atom is -0.466 e. The first-order valence-corrected chi connectivity index (χ1v) is 7.88. The average Bonchev–Trinajstić information content (AvgIpc) is 2.44. The van der Waals surface area contributed by atoms with Gasteiger partial charge < -0.3 is 10.1 Å². The second-order valence-electron chi connectivity index (χ2n) is 5.24. The van der Waals surface area contributed by atoms with Crippen LogP contribution < -0.4 is 5.32 Å². The normalized spacial score (nSPS) is 19.6. The molecular weight excluding hydrogens is 240 g/mol. The van der Waals surface area contributed by atoms with E-state index in [-0.39, 0.29) is 5.97 Å². The molecule has 4 nitrogen and oxygen atoms in total. The van der Waals surface area contributed by atoms with E-state index in [1.54, 1.807) is 0 Å². The van der Waals surface area contributed by atoms with E-state index in [0.717, 1.165) is 32.5 Å². The number of unbranched alkanes of at least 4 members (excludes halogenated alkanes) is 2. The van der Waals surface area contributed by atoms with Gasteiger partial charge in [0.15, 0.2) is 0 Å². The van der Waals surface area contributed by atoms with Crippen molar-refractivity contribution in [2.45, 2.75) is 58.4 Å². The molecule has 1 rings (SSSR count). The molecule has 112 valence electrons. The van der Waals surface area contributed by atoms with Crippen LogP contribution in [0.2, 0.25) is 0 Å². The zero-order valence-corrected chi connectivity index (χ0v) is 12.6. The average molecular weight is 270 g/mol. The predicted molar refractivity (Wildman–Crippen MR) is 78.2 cm³/mol. The van der Waals surface area contributed by atoms with Crippen molar-refractivity contribution in [3.8, 4) is 0 Å². The van der Waals surface area contributed by atoms with E-state index in [1.807, 2.05) is 6.92 Å². The van der Waals surface area contributed by atoms with Gasteiger partial charge in [-0.25, -0.2) is 0 Å². The number of likely N-dealkylation sites (N-methyl/N-ethyl adjacent to an activating group) is 1. The quantitative estimate of drug-likeness (QED) is 0.515. The highest BCUT2D eigenvalue weighted by atomic mass is 16.5. The van der Waals surface area contributed by atoms with Crippen molar-refractivity contribution in [3.05, 3.63) is 0 Å². The lowest BCUT2D eigenvalue weighted by atomic mass is 10.1. The summed E-state index contributed by atoms with van der Waals surface area (Å²) in [5.41, 5.74) is 0. The van der Waals surface area contributed by atoms with E-state index in [1.165, 1.54) is 25.8 Å². The Morgan fingerprint density at radius 2 is 2.16 bits per heavy atom. The minimum atomic E-state index is -0.0497. The first kappa shape index (κ1) is 16.4. The number of esters is 1. The fourth-order valence-electron chi connectivity index (χ4n) is 2.74. The van der Waals surface area contributed by atoms with Gasteiger partial charge in [0, 0.05) is 19.0 Å². The standard InChI is InChI=1S/C15H30N2O2/c1-3-17(14-9-8-11-16-13-14)12-7-5-6-10-15(18)19-4-2/h14,16H,3-13H2,1-2H3. The Kier molecular flexibility index (Phi) is 8.84. The summed E-state index contributed by atoms with van der Waals surface area (Å²) in [6.45, 7) is 9.19. The minimum absolute atomic E-state index is 0.0497. The molecule has 0 aromatic heterocycles. The Morgan fingerprint density at radius 3 is 2.79 bits per heavy atom. The number of carbonyl (C=O) groups excluding carboxylic acids is 1. The van der Waals surface area contributed by atoms with Gasteiger partial charge in [0.05, 0.1) is 6.61 Å². The molecule has 0 aromatic carbocycles. The molecule has 0 saturated carbocycles. The topological polar surface area (TPSA) is 41.6 Å². The number of hydrogen-bond donors (Lipinski definition) is 1. The van der Waals surface area contributed by atoms with Gasteiger partial charge >= 0.3 is 5.97 Å². The summed E-state index contributed by atoms with van der Waals surface area (Å²) in [4.78, 5) is 13.8. The lowest BCUT2D eigenvalue weighted by Crippen LogP contribution is -2.46. The van der Waals surface area contributed by atoms with Crippen LogP contribution in [0.3, 0.4) is 0 Å². The van der Waals surface area contributed by atoms with Crippen molar-refractivity contribution < 1.29 is 9.53 Å². The number of piperidine rings is 1. The number of rotatable bonds is 9. The van der Waals surface area contributed by atoms with E-state index in [9.17, 15) is 4.79 Å². The molecule has 0 aliphatic carbocycles. The van der Waals surface area contributed by atoms with E-state index in [4.69, 9.17) is 4.74 Å². The van der Waals surface area contributed by atoms with Gasteiger partial charge in [-0.15, -0.1) is 0 Å². The van der Waals surface area contributed by atoms with Crippen molar-refractivity contribution in [1.29, 1.82) is 0 Å². The first-order valence-electron chi connectivity index (χ1n) is 7.88. The van der Waals surface area contributed by atoms with Crippen LogP contribution in [-0.2, 0) is 9.53 Å². The third kappa shape index (κ3) is 6.92. The van der Waals surface area contributed by atoms with Crippen molar-refractivity contribution in [2.24, 2.45) is 0 Å². The van der Waals surface area contributed by atoms with Gasteiger partial charge in [0.2, 0.25) is 0 Å². The highest BCUT2D eigenvalue weighted by molar-refractivity contribution is 5.69. The van der Waals surface area contributed by atoms with Crippen molar-refractivity contribution >= 4 is 5.97 Å². The second kappa shape index (κ2) is 10.2. The second-order valence-corrected chi connectivity index (χ2v) is 5.24. The molecule has 1 aliphatic rings. The van der Waals surface area contributed by atoms with Gasteiger partial charge in [-0.3, -0.25) is 9.69 Å². The molecule has 0 spiro atoms. The van der Waals surface area contributed by atoms with Crippen LogP contribution in [0.5, 0.6) is 0 Å². The van der Waals surface area contributed by atoms with Crippen LogP contribution in [0.1, 0.15) is 52.4 Å². The lowest BCUT2D eigenvalue weighted by Gasteiger charge is -2.33. The molecule has 1 saturated heterocycles. The zero-order chi connectivity index (χ0) is 13.9. The Bertz CT molecular complexity index is 240. The van der Waals surface area contributed by atoms with Crippen LogP contribution in [0.15, 0.2) is 0 Å². The maximum absolute atomic E-state index is 11.2. The molecule has 1 unspecified atom stereocenters. The van der Waals surface area contributed by atoms with Crippen LogP contribution in [0, 0.1) is 0 Å². The summed E-state index contributed by atoms with van der Waals surface area (Å²) in [5, 5.41) is 3.48. The molecule has 0 amide bonds. The number of nitrogens with zero attached hydrogens (tertiary/aromatic N) is 1. The van der Waals surface area contributed by atoms with E-state index in [2.05, 4.69) is 17.1 Å². The lowest BCUT2D eigenvalue weighted by molar-refractivity contribution is -0.143. The maximum atomic E-state index is 11.2. The SMILES string of the molecule is CCOC(=O)CCCCCN(CC)C1CCCNC1. The van der Waals surface area contributed by atoms with Gasteiger partial charge in [0.25, 0.3) is 0 Å². The number of ether oxygens (including phenoxy) is 1. The molecule has 0 bridgehead atoms. The largest absolute Gasteiger partial charge is 0.466 e. The Morgan fingerprint density at radius 1 is 1.32 bits per heavy atom. The molecular formula is C15H30N2O2. The van der Waals surface area contributed by atoms with E-state index >= 15 is 0 Å². The predicted octanol–water partition coefficient (Wildman–Crippen LogP) is 2.18. The Hall–Kier alpha value is -0.610. The highest BCUT2D eigenvalue weighted by Crippen LogP contribution is 2.12. The molecule has 1 fully saturated rings. The summed E-state index contributed by atoms with van der Waals surface area (Å²) < 4.78 is 4.93. The molecule has 0 aromatic rings. The smallest absolute Gasteiger partial charge is 0.305 e. The third-order valence-corrected chi connectivity index (χ3v) is 3.82. The monoisotopic (exact) mass is 270 g/mol. The summed E-state index contributed by atoms with van der Waals surface area (Å²) in [5.74, 6) is -0.0497. The molecule has 1 heterocycles. The Labute approximate surface area is 117 Å². The van der Waals surface area contributed by atoms with Crippen molar-refractivity contribution in [2.75, 3.05) is 32.8 Å². The first-order chi connectivity index (χ1) is 9.27. The molecule has 1 aliphatic heterocycles. The van der Waals surface area contributed by atoms with Crippen molar-refractivity contribution in [3.63, 3.8) is 0 Å². The maximum Gasteiger partial charge on any atom is 0.305 e. The van der Waals surface area contributed by atoms with Gasteiger partial charge in [-0.1, -0.05) is 13.3 Å². The van der Waals surface area contributed by atoms with Crippen LogP contribution in [0.4, 0.5) is 0 Å². The highest BCUT2D eigenvalue weighted by Gasteiger charge is 2.18. The molecule has 1 N–H and O–H groups in total. The van der Waals surface area contributed by atoms with Gasteiger partial charge in [-0.05, 0) is 52.2 Å².